The third-order valence-electron chi connectivity index (χ3n) is 2.43. The number of aryl methyl sites for hydroxylation is 2. The lowest BCUT2D eigenvalue weighted by Crippen LogP contribution is -2.31. The summed E-state index contributed by atoms with van der Waals surface area (Å²) in [7, 11) is 1.67. The smallest absolute Gasteiger partial charge is 0.0631 e. The lowest BCUT2D eigenvalue weighted by molar-refractivity contribution is 0.171. The van der Waals surface area contributed by atoms with Crippen molar-refractivity contribution < 1.29 is 4.74 Å². The van der Waals surface area contributed by atoms with Crippen LogP contribution in [-0.2, 0) is 24.1 Å². The van der Waals surface area contributed by atoms with Crippen molar-refractivity contribution in [2.75, 3.05) is 13.7 Å². The summed E-state index contributed by atoms with van der Waals surface area (Å²) < 4.78 is 7.02. The van der Waals surface area contributed by atoms with Gasteiger partial charge in [-0.2, -0.15) is 5.10 Å². The first-order valence-electron chi connectivity index (χ1n) is 5.51. The van der Waals surface area contributed by atoms with Crippen molar-refractivity contribution >= 4 is 0 Å². The molecule has 0 aliphatic carbocycles. The minimum absolute atomic E-state index is 0.0184. The highest BCUT2D eigenvalue weighted by atomic mass is 16.5. The molecule has 0 radical (unpaired) electrons. The molecule has 0 aliphatic rings. The van der Waals surface area contributed by atoms with E-state index in [0.717, 1.165) is 25.1 Å². The summed E-state index contributed by atoms with van der Waals surface area (Å²) >= 11 is 0. The molecule has 1 atom stereocenters. The van der Waals surface area contributed by atoms with Crippen LogP contribution in [0.1, 0.15) is 25.2 Å². The van der Waals surface area contributed by atoms with Crippen molar-refractivity contribution in [3.8, 4) is 0 Å². The zero-order valence-corrected chi connectivity index (χ0v) is 9.86. The Morgan fingerprint density at radius 3 is 2.73 bits per heavy atom. The van der Waals surface area contributed by atoms with Crippen molar-refractivity contribution in [3.63, 3.8) is 0 Å². The Morgan fingerprint density at radius 1 is 1.47 bits per heavy atom. The minimum atomic E-state index is 0.0184. The zero-order chi connectivity index (χ0) is 11.3. The molecule has 0 fully saturated rings. The molecule has 1 aromatic heterocycles. The maximum atomic E-state index is 5.90. The molecule has 15 heavy (non-hydrogen) atoms. The second-order valence-corrected chi connectivity index (χ2v) is 3.73. The summed E-state index contributed by atoms with van der Waals surface area (Å²) in [5.74, 6) is 0. The topological polar surface area (TPSA) is 53.1 Å². The summed E-state index contributed by atoms with van der Waals surface area (Å²) in [5.41, 5.74) is 8.29. The van der Waals surface area contributed by atoms with Crippen molar-refractivity contribution in [3.05, 3.63) is 17.5 Å². The van der Waals surface area contributed by atoms with E-state index in [4.69, 9.17) is 10.5 Å². The number of nitrogens with zero attached hydrogens (tertiary/aromatic N) is 2. The van der Waals surface area contributed by atoms with Gasteiger partial charge in [-0.15, -0.1) is 0 Å². The van der Waals surface area contributed by atoms with Gasteiger partial charge in [0.25, 0.3) is 0 Å². The maximum Gasteiger partial charge on any atom is 0.0631 e. The quantitative estimate of drug-likeness (QED) is 0.763. The number of aromatic nitrogens is 2. The monoisotopic (exact) mass is 211 g/mol. The molecular formula is C11H21N3O. The molecule has 2 N–H and O–H groups in total. The van der Waals surface area contributed by atoms with Crippen LogP contribution in [0.3, 0.4) is 0 Å². The third kappa shape index (κ3) is 3.32. The van der Waals surface area contributed by atoms with E-state index in [1.165, 1.54) is 5.69 Å². The fourth-order valence-electron chi connectivity index (χ4n) is 1.62. The normalized spacial score (nSPS) is 13.1. The summed E-state index contributed by atoms with van der Waals surface area (Å²) in [6, 6.07) is 2.17. The van der Waals surface area contributed by atoms with E-state index in [1.807, 2.05) is 4.68 Å². The van der Waals surface area contributed by atoms with Crippen LogP contribution in [0.25, 0.3) is 0 Å². The van der Waals surface area contributed by atoms with E-state index in [9.17, 15) is 0 Å². The van der Waals surface area contributed by atoms with Crippen LogP contribution >= 0.6 is 0 Å². The van der Waals surface area contributed by atoms with Crippen LogP contribution in [0.5, 0.6) is 0 Å². The molecule has 4 heteroatoms. The van der Waals surface area contributed by atoms with Gasteiger partial charge in [-0.1, -0.05) is 13.8 Å². The molecule has 0 amide bonds. The van der Waals surface area contributed by atoms with E-state index in [2.05, 4.69) is 25.0 Å². The maximum absolute atomic E-state index is 5.90. The van der Waals surface area contributed by atoms with E-state index in [1.54, 1.807) is 7.11 Å². The molecule has 1 aromatic rings. The van der Waals surface area contributed by atoms with Crippen LogP contribution in [-0.4, -0.2) is 29.5 Å². The Hall–Kier alpha value is -0.870. The Morgan fingerprint density at radius 2 is 2.20 bits per heavy atom. The van der Waals surface area contributed by atoms with Crippen molar-refractivity contribution in [1.82, 2.24) is 9.78 Å². The Labute approximate surface area is 91.4 Å². The summed E-state index contributed by atoms with van der Waals surface area (Å²) in [6.45, 7) is 5.55. The predicted molar refractivity (Wildman–Crippen MR) is 60.8 cm³/mol. The van der Waals surface area contributed by atoms with E-state index in [-0.39, 0.29) is 6.04 Å². The van der Waals surface area contributed by atoms with Gasteiger partial charge in [0, 0.05) is 18.8 Å². The molecule has 0 saturated heterocycles. The number of rotatable bonds is 6. The predicted octanol–water partition coefficient (Wildman–Crippen LogP) is 0.982. The molecule has 0 aliphatic heterocycles. The Balaban J connectivity index is 2.69. The molecule has 0 saturated carbocycles. The Kier molecular flexibility index (Phi) is 4.78. The SMILES string of the molecule is CCc1cc(CC)n(CC(N)COC)n1. The van der Waals surface area contributed by atoms with Crippen molar-refractivity contribution in [2.45, 2.75) is 39.3 Å². The first kappa shape index (κ1) is 12.2. The average molecular weight is 211 g/mol. The fourth-order valence-corrected chi connectivity index (χ4v) is 1.62. The summed E-state index contributed by atoms with van der Waals surface area (Å²) in [6.07, 6.45) is 1.96. The lowest BCUT2D eigenvalue weighted by Gasteiger charge is -2.12. The first-order valence-corrected chi connectivity index (χ1v) is 5.51. The van der Waals surface area contributed by atoms with Crippen LogP contribution in [0.15, 0.2) is 6.07 Å². The van der Waals surface area contributed by atoms with Crippen LogP contribution in [0.2, 0.25) is 0 Å². The highest BCUT2D eigenvalue weighted by molar-refractivity contribution is 5.10. The lowest BCUT2D eigenvalue weighted by atomic mass is 10.2. The van der Waals surface area contributed by atoms with Gasteiger partial charge in [0.2, 0.25) is 0 Å². The summed E-state index contributed by atoms with van der Waals surface area (Å²) in [5, 5.41) is 4.50. The molecular weight excluding hydrogens is 190 g/mol. The minimum Gasteiger partial charge on any atom is -0.383 e. The first-order chi connectivity index (χ1) is 7.21. The molecule has 0 spiro atoms. The molecule has 0 bridgehead atoms. The van der Waals surface area contributed by atoms with Gasteiger partial charge >= 0.3 is 0 Å². The van der Waals surface area contributed by atoms with Gasteiger partial charge in [0.15, 0.2) is 0 Å². The molecule has 1 heterocycles. The fraction of sp³-hybridized carbons (Fsp3) is 0.727. The third-order valence-corrected chi connectivity index (χ3v) is 2.43. The standard InChI is InChI=1S/C11H21N3O/c1-4-10-6-11(5-2)14(13-10)7-9(12)8-15-3/h6,9H,4-5,7-8,12H2,1-3H3. The van der Waals surface area contributed by atoms with Gasteiger partial charge in [-0.3, -0.25) is 4.68 Å². The zero-order valence-electron chi connectivity index (χ0n) is 9.86. The van der Waals surface area contributed by atoms with Gasteiger partial charge in [-0.05, 0) is 18.9 Å². The average Bonchev–Trinajstić information content (AvgIpc) is 2.60. The Bertz CT molecular complexity index is 296. The van der Waals surface area contributed by atoms with Crippen molar-refractivity contribution in [2.24, 2.45) is 5.73 Å². The highest BCUT2D eigenvalue weighted by Gasteiger charge is 2.09. The molecule has 1 rings (SSSR count). The molecule has 4 nitrogen and oxygen atoms in total. The molecule has 86 valence electrons. The largest absolute Gasteiger partial charge is 0.383 e. The number of hydrogen-bond donors (Lipinski definition) is 1. The molecule has 0 aromatic carbocycles. The number of ether oxygens (including phenoxy) is 1. The van der Waals surface area contributed by atoms with E-state index in [0.29, 0.717) is 6.61 Å². The number of nitrogens with two attached hydrogens (primary N) is 1. The summed E-state index contributed by atoms with van der Waals surface area (Å²) in [4.78, 5) is 0. The van der Waals surface area contributed by atoms with Crippen LogP contribution in [0.4, 0.5) is 0 Å². The second-order valence-electron chi connectivity index (χ2n) is 3.73. The van der Waals surface area contributed by atoms with E-state index < -0.39 is 0 Å². The van der Waals surface area contributed by atoms with Crippen LogP contribution < -0.4 is 5.73 Å². The van der Waals surface area contributed by atoms with Gasteiger partial charge in [-0.25, -0.2) is 0 Å². The van der Waals surface area contributed by atoms with Crippen LogP contribution in [0, 0.1) is 0 Å². The van der Waals surface area contributed by atoms with Gasteiger partial charge < -0.3 is 10.5 Å². The van der Waals surface area contributed by atoms with Gasteiger partial charge in [0.1, 0.15) is 0 Å². The van der Waals surface area contributed by atoms with E-state index >= 15 is 0 Å². The second kappa shape index (κ2) is 5.88. The van der Waals surface area contributed by atoms with Crippen molar-refractivity contribution in [1.29, 1.82) is 0 Å². The number of methoxy groups -OCH3 is 1. The number of hydrogen-bond acceptors (Lipinski definition) is 3. The van der Waals surface area contributed by atoms with Gasteiger partial charge in [0.05, 0.1) is 18.8 Å². The highest BCUT2D eigenvalue weighted by Crippen LogP contribution is 2.06. The molecule has 1 unspecified atom stereocenters.